The predicted molar refractivity (Wildman–Crippen MR) is 99.9 cm³/mol. The van der Waals surface area contributed by atoms with Gasteiger partial charge in [-0.25, -0.2) is 28.2 Å². The summed E-state index contributed by atoms with van der Waals surface area (Å²) in [6, 6.07) is 1.29. The van der Waals surface area contributed by atoms with E-state index in [-0.39, 0.29) is 28.7 Å². The molecule has 0 saturated carbocycles. The Morgan fingerprint density at radius 3 is 2.83 bits per heavy atom. The second-order valence-corrected chi connectivity index (χ2v) is 7.86. The van der Waals surface area contributed by atoms with Crippen LogP contribution in [0.5, 0.6) is 0 Å². The van der Waals surface area contributed by atoms with E-state index in [1.54, 1.807) is 11.8 Å². The van der Waals surface area contributed by atoms with Crippen molar-refractivity contribution in [1.82, 2.24) is 29.5 Å². The van der Waals surface area contributed by atoms with Gasteiger partial charge in [0.2, 0.25) is 0 Å². The van der Waals surface area contributed by atoms with Gasteiger partial charge in [-0.1, -0.05) is 0 Å². The molecule has 0 radical (unpaired) electrons. The molecular formula is C20H20F2N6O. The number of aromatic nitrogens is 5. The van der Waals surface area contributed by atoms with Crippen LogP contribution in [-0.2, 0) is 6.42 Å². The molecule has 0 N–H and O–H groups in total. The van der Waals surface area contributed by atoms with E-state index in [9.17, 15) is 13.6 Å². The molecule has 29 heavy (non-hydrogen) atoms. The first-order valence-electron chi connectivity index (χ1n) is 9.67. The molecule has 4 heterocycles. The van der Waals surface area contributed by atoms with Crippen molar-refractivity contribution in [1.29, 1.82) is 0 Å². The van der Waals surface area contributed by atoms with Gasteiger partial charge in [0.25, 0.3) is 12.3 Å². The van der Waals surface area contributed by atoms with Crippen LogP contribution in [0.25, 0.3) is 5.65 Å². The third kappa shape index (κ3) is 2.87. The smallest absolute Gasteiger partial charge is 0.280 e. The number of fused-ring (bicyclic) bond motifs is 4. The third-order valence-electron chi connectivity index (χ3n) is 5.96. The van der Waals surface area contributed by atoms with Crippen LogP contribution in [-0.4, -0.2) is 48.5 Å². The Labute approximate surface area is 165 Å². The van der Waals surface area contributed by atoms with Crippen LogP contribution in [0.3, 0.4) is 0 Å². The van der Waals surface area contributed by atoms with Crippen molar-refractivity contribution >= 4 is 11.6 Å². The number of hydrogen-bond donors (Lipinski definition) is 0. The third-order valence-corrected chi connectivity index (χ3v) is 5.96. The Morgan fingerprint density at radius 2 is 2.03 bits per heavy atom. The Morgan fingerprint density at radius 1 is 1.21 bits per heavy atom. The van der Waals surface area contributed by atoms with Crippen LogP contribution in [0.1, 0.15) is 57.6 Å². The van der Waals surface area contributed by atoms with Gasteiger partial charge in [-0.2, -0.15) is 5.10 Å². The average molecular weight is 398 g/mol. The van der Waals surface area contributed by atoms with Crippen LogP contribution in [0, 0.1) is 19.8 Å². The van der Waals surface area contributed by atoms with E-state index in [0.717, 1.165) is 34.4 Å². The topological polar surface area (TPSA) is 76.3 Å². The highest BCUT2D eigenvalue weighted by Crippen LogP contribution is 2.40. The molecule has 1 saturated heterocycles. The highest BCUT2D eigenvalue weighted by atomic mass is 19.3. The molecule has 7 nitrogen and oxygen atoms in total. The zero-order chi connectivity index (χ0) is 20.3. The lowest BCUT2D eigenvalue weighted by atomic mass is 9.80. The van der Waals surface area contributed by atoms with Crippen molar-refractivity contribution < 1.29 is 13.6 Å². The lowest BCUT2D eigenvalue weighted by Crippen LogP contribution is -2.29. The molecule has 1 aliphatic carbocycles. The van der Waals surface area contributed by atoms with Crippen LogP contribution < -0.4 is 0 Å². The maximum Gasteiger partial charge on any atom is 0.280 e. The van der Waals surface area contributed by atoms with Crippen LogP contribution >= 0.6 is 0 Å². The molecule has 2 aliphatic rings. The molecule has 2 atom stereocenters. The van der Waals surface area contributed by atoms with E-state index >= 15 is 0 Å². The van der Waals surface area contributed by atoms with Crippen molar-refractivity contribution in [3.63, 3.8) is 0 Å². The first-order chi connectivity index (χ1) is 13.9. The molecule has 3 aromatic heterocycles. The second-order valence-electron chi connectivity index (χ2n) is 7.86. The van der Waals surface area contributed by atoms with Crippen molar-refractivity contribution in [2.75, 3.05) is 13.1 Å². The van der Waals surface area contributed by atoms with Gasteiger partial charge in [-0.05, 0) is 44.2 Å². The molecule has 9 heteroatoms. The standard InChI is InChI=1S/C20H20F2N6O/c1-10-5-16(18(21)22)28-19(25-10)14(7-24-28)20(29)27-8-13-4-3-12-6-23-11(2)26-17(12)15(13)9-27/h5-7,13,15,18H,3-4,8-9H2,1-2H3/t13-,15+/m1/s1. The van der Waals surface area contributed by atoms with E-state index < -0.39 is 6.43 Å². The van der Waals surface area contributed by atoms with Crippen molar-refractivity contribution in [3.8, 4) is 0 Å². The Balaban J connectivity index is 1.48. The van der Waals surface area contributed by atoms with E-state index in [1.807, 2.05) is 13.1 Å². The molecule has 150 valence electrons. The number of amides is 1. The summed E-state index contributed by atoms with van der Waals surface area (Å²) >= 11 is 0. The molecule has 0 spiro atoms. The molecule has 1 fully saturated rings. The molecule has 3 aromatic rings. The van der Waals surface area contributed by atoms with Gasteiger partial charge in [0.15, 0.2) is 5.65 Å². The first-order valence-corrected chi connectivity index (χ1v) is 9.67. The van der Waals surface area contributed by atoms with Gasteiger partial charge in [0.1, 0.15) is 17.1 Å². The number of halogens is 2. The summed E-state index contributed by atoms with van der Waals surface area (Å²) < 4.78 is 27.8. The number of nitrogens with zero attached hydrogens (tertiary/aromatic N) is 6. The first kappa shape index (κ1) is 18.1. The van der Waals surface area contributed by atoms with Crippen LogP contribution in [0.15, 0.2) is 18.5 Å². The summed E-state index contributed by atoms with van der Waals surface area (Å²) in [6.07, 6.45) is 2.43. The number of carbonyl (C=O) groups excluding carboxylic acids is 1. The van der Waals surface area contributed by atoms with E-state index in [4.69, 9.17) is 0 Å². The van der Waals surface area contributed by atoms with Gasteiger partial charge in [-0.15, -0.1) is 0 Å². The number of carbonyl (C=O) groups is 1. The fourth-order valence-electron chi connectivity index (χ4n) is 4.60. The number of hydrogen-bond acceptors (Lipinski definition) is 5. The minimum Gasteiger partial charge on any atom is -0.337 e. The Kier molecular flexibility index (Phi) is 4.07. The summed E-state index contributed by atoms with van der Waals surface area (Å²) in [5, 5.41) is 4.02. The second kappa shape index (κ2) is 6.53. The highest BCUT2D eigenvalue weighted by Gasteiger charge is 2.41. The van der Waals surface area contributed by atoms with Gasteiger partial charge < -0.3 is 4.90 Å². The predicted octanol–water partition coefficient (Wildman–Crippen LogP) is 2.88. The van der Waals surface area contributed by atoms with Gasteiger partial charge >= 0.3 is 0 Å². The summed E-state index contributed by atoms with van der Waals surface area (Å²) in [4.78, 5) is 28.3. The lowest BCUT2D eigenvalue weighted by Gasteiger charge is -2.25. The molecule has 0 bridgehead atoms. The monoisotopic (exact) mass is 398 g/mol. The van der Waals surface area contributed by atoms with E-state index in [2.05, 4.69) is 20.1 Å². The molecule has 5 rings (SSSR count). The quantitative estimate of drug-likeness (QED) is 0.664. The zero-order valence-corrected chi connectivity index (χ0v) is 16.1. The number of aryl methyl sites for hydroxylation is 3. The average Bonchev–Trinajstić information content (AvgIpc) is 3.31. The summed E-state index contributed by atoms with van der Waals surface area (Å²) in [6.45, 7) is 4.68. The van der Waals surface area contributed by atoms with E-state index in [1.165, 1.54) is 12.3 Å². The minimum atomic E-state index is -2.70. The number of rotatable bonds is 2. The molecule has 0 unspecified atom stereocenters. The Hall–Kier alpha value is -2.97. The van der Waals surface area contributed by atoms with Gasteiger partial charge in [0, 0.05) is 30.9 Å². The van der Waals surface area contributed by atoms with Crippen molar-refractivity contribution in [2.45, 2.75) is 39.0 Å². The lowest BCUT2D eigenvalue weighted by molar-refractivity contribution is 0.0787. The summed E-state index contributed by atoms with van der Waals surface area (Å²) in [7, 11) is 0. The van der Waals surface area contributed by atoms with Crippen LogP contribution in [0.2, 0.25) is 0 Å². The minimum absolute atomic E-state index is 0.178. The Bertz CT molecular complexity index is 1130. The maximum atomic E-state index is 13.4. The van der Waals surface area contributed by atoms with Crippen LogP contribution in [0.4, 0.5) is 8.78 Å². The fraction of sp³-hybridized carbons (Fsp3) is 0.450. The number of likely N-dealkylation sites (tertiary alicyclic amines) is 1. The summed E-state index contributed by atoms with van der Waals surface area (Å²) in [5.74, 6) is 1.03. The molecule has 1 amide bonds. The number of alkyl halides is 2. The van der Waals surface area contributed by atoms with Crippen molar-refractivity contribution in [3.05, 3.63) is 52.5 Å². The zero-order valence-electron chi connectivity index (χ0n) is 16.1. The fourth-order valence-corrected chi connectivity index (χ4v) is 4.60. The molecule has 0 aromatic carbocycles. The van der Waals surface area contributed by atoms with E-state index in [0.29, 0.717) is 24.7 Å². The largest absolute Gasteiger partial charge is 0.337 e. The summed E-state index contributed by atoms with van der Waals surface area (Å²) in [5.41, 5.74) is 2.80. The van der Waals surface area contributed by atoms with Gasteiger partial charge in [-0.3, -0.25) is 4.79 Å². The molecular weight excluding hydrogens is 378 g/mol. The molecule has 1 aliphatic heterocycles. The van der Waals surface area contributed by atoms with Gasteiger partial charge in [0.05, 0.1) is 11.9 Å². The highest BCUT2D eigenvalue weighted by molar-refractivity contribution is 6.00. The SMILES string of the molecule is Cc1cc(C(F)F)n2ncc(C(=O)N3C[C@H]4CCc5cnc(C)nc5[C@H]4C3)c2n1. The maximum absolute atomic E-state index is 13.4. The van der Waals surface area contributed by atoms with Crippen molar-refractivity contribution in [2.24, 2.45) is 5.92 Å². The normalized spacial score (nSPS) is 20.9.